The topological polar surface area (TPSA) is 94.9 Å². The Hall–Kier alpha value is 0.0821. The van der Waals surface area contributed by atoms with E-state index in [1.54, 1.807) is 0 Å². The minimum Gasteiger partial charge on any atom is -0.412 e. The second-order valence-electron chi connectivity index (χ2n) is 0.238. The molecule has 35 valence electrons. The molecule has 0 aromatic rings. The van der Waals surface area contributed by atoms with E-state index in [1.165, 1.54) is 0 Å². The molecular formula is H3NO4Tl. The second-order valence-corrected chi connectivity index (χ2v) is 0.238. The van der Waals surface area contributed by atoms with E-state index >= 15 is 0 Å². The van der Waals surface area contributed by atoms with Crippen molar-refractivity contribution in [3.63, 3.8) is 0 Å². The summed E-state index contributed by atoms with van der Waals surface area (Å²) in [5, 5.41) is 13.6. The SMILES string of the molecule is O.O=[N+]([O-])O.[Tl]. The Bertz CT molecular complexity index is 30.5. The van der Waals surface area contributed by atoms with Crippen molar-refractivity contribution in [2.75, 3.05) is 0 Å². The van der Waals surface area contributed by atoms with Gasteiger partial charge in [-0.3, -0.25) is 0 Å². The van der Waals surface area contributed by atoms with E-state index in [0.29, 0.717) is 0 Å². The van der Waals surface area contributed by atoms with Crippen LogP contribution in [0.2, 0.25) is 0 Å². The van der Waals surface area contributed by atoms with Gasteiger partial charge in [-0.2, -0.15) is 0 Å². The molecule has 1 radical (unpaired) electrons. The summed E-state index contributed by atoms with van der Waals surface area (Å²) in [4.78, 5) is 8.36. The summed E-state index contributed by atoms with van der Waals surface area (Å²) in [6, 6.07) is 0. The van der Waals surface area contributed by atoms with Crippen LogP contribution in [-0.4, -0.2) is 43.1 Å². The molecule has 0 spiro atoms. The largest absolute Gasteiger partial charge is 0.412 e. The predicted octanol–water partition coefficient (Wildman–Crippen LogP) is -1.55. The first-order chi connectivity index (χ1) is 1.73. The van der Waals surface area contributed by atoms with Crippen molar-refractivity contribution in [1.29, 1.82) is 0 Å². The van der Waals surface area contributed by atoms with Gasteiger partial charge in [0, 0.05) is 27.3 Å². The van der Waals surface area contributed by atoms with E-state index < -0.39 is 5.09 Å². The van der Waals surface area contributed by atoms with Crippen molar-refractivity contribution >= 4 is 27.3 Å². The molecule has 0 amide bonds. The van der Waals surface area contributed by atoms with E-state index in [-0.39, 0.29) is 32.8 Å². The van der Waals surface area contributed by atoms with Crippen LogP contribution in [0, 0.1) is 10.1 Å². The van der Waals surface area contributed by atoms with Gasteiger partial charge in [-0.25, -0.2) is 0 Å². The van der Waals surface area contributed by atoms with Crippen LogP contribution in [0.4, 0.5) is 0 Å². The van der Waals surface area contributed by atoms with Gasteiger partial charge in [0.05, 0.1) is 0 Å². The number of nitrogens with zero attached hydrogens (tertiary/aromatic N) is 1. The third kappa shape index (κ3) is 5760. The molecule has 6 heavy (non-hydrogen) atoms. The molecule has 0 fully saturated rings. The van der Waals surface area contributed by atoms with Crippen LogP contribution >= 0.6 is 0 Å². The van der Waals surface area contributed by atoms with Gasteiger partial charge >= 0.3 is 0 Å². The Morgan fingerprint density at radius 3 is 1.67 bits per heavy atom. The van der Waals surface area contributed by atoms with Crippen LogP contribution in [-0.2, 0) is 0 Å². The maximum absolute atomic E-state index is 8.36. The second kappa shape index (κ2) is 8.91. The van der Waals surface area contributed by atoms with Gasteiger partial charge in [0.15, 0.2) is 0 Å². The number of hydrogen-bond acceptors (Lipinski definition) is 2. The Balaban J connectivity index is -0.0000000450. The van der Waals surface area contributed by atoms with Gasteiger partial charge in [0.2, 0.25) is 0 Å². The van der Waals surface area contributed by atoms with Crippen molar-refractivity contribution in [2.45, 2.75) is 0 Å². The maximum Gasteiger partial charge on any atom is 0.291 e. The molecule has 0 rings (SSSR count). The first kappa shape index (κ1) is 16.5. The van der Waals surface area contributed by atoms with E-state index in [0.717, 1.165) is 0 Å². The number of rotatable bonds is 0. The van der Waals surface area contributed by atoms with Crippen molar-refractivity contribution in [3.05, 3.63) is 10.1 Å². The molecule has 0 aliphatic rings. The van der Waals surface area contributed by atoms with E-state index in [9.17, 15) is 0 Å². The molecule has 0 aromatic heterocycles. The number of hydrogen-bond donors (Lipinski definition) is 1. The van der Waals surface area contributed by atoms with Gasteiger partial charge < -0.3 is 10.7 Å². The molecule has 0 bridgehead atoms. The monoisotopic (exact) mass is 286 g/mol. The fourth-order valence-electron chi connectivity index (χ4n) is 0. The van der Waals surface area contributed by atoms with Crippen LogP contribution in [0.3, 0.4) is 0 Å². The zero-order valence-corrected chi connectivity index (χ0v) is 7.28. The van der Waals surface area contributed by atoms with Crippen LogP contribution in [0.25, 0.3) is 0 Å². The molecule has 5 nitrogen and oxygen atoms in total. The van der Waals surface area contributed by atoms with Crippen LogP contribution in [0.1, 0.15) is 0 Å². The Labute approximate surface area is 53.5 Å². The first-order valence-corrected chi connectivity index (χ1v) is 0.565. The molecule has 0 aliphatic carbocycles. The molecule has 0 aliphatic heterocycles. The summed E-state index contributed by atoms with van der Waals surface area (Å²) in [6.07, 6.45) is 0. The van der Waals surface area contributed by atoms with Crippen LogP contribution in [0.15, 0.2) is 0 Å². The summed E-state index contributed by atoms with van der Waals surface area (Å²) in [5.74, 6) is 0. The average Bonchev–Trinajstić information content (AvgIpc) is 0.811. The van der Waals surface area contributed by atoms with Gasteiger partial charge in [-0.1, -0.05) is 0 Å². The van der Waals surface area contributed by atoms with E-state index in [2.05, 4.69) is 0 Å². The molecule has 0 atom stereocenters. The molecule has 0 unspecified atom stereocenters. The molecule has 6 heteroatoms. The summed E-state index contributed by atoms with van der Waals surface area (Å²) in [6.45, 7) is 0. The zero-order valence-electron chi connectivity index (χ0n) is 2.79. The van der Waals surface area contributed by atoms with Crippen molar-refractivity contribution in [2.24, 2.45) is 0 Å². The van der Waals surface area contributed by atoms with Crippen molar-refractivity contribution in [3.8, 4) is 0 Å². The summed E-state index contributed by atoms with van der Waals surface area (Å²) in [5.41, 5.74) is 0. The molecule has 0 saturated carbocycles. The minimum atomic E-state index is -1.50. The quantitative estimate of drug-likeness (QED) is 0.331. The Morgan fingerprint density at radius 1 is 1.67 bits per heavy atom. The zero-order chi connectivity index (χ0) is 3.58. The smallest absolute Gasteiger partial charge is 0.291 e. The fourth-order valence-corrected chi connectivity index (χ4v) is 0. The third-order valence-electron chi connectivity index (χ3n) is 0. The van der Waals surface area contributed by atoms with E-state index in [4.69, 9.17) is 15.3 Å². The van der Waals surface area contributed by atoms with Crippen molar-refractivity contribution in [1.82, 2.24) is 0 Å². The first-order valence-electron chi connectivity index (χ1n) is 0.565. The molecule has 0 saturated heterocycles. The predicted molar refractivity (Wildman–Crippen MR) is 18.1 cm³/mol. The minimum absolute atomic E-state index is 0. The van der Waals surface area contributed by atoms with Gasteiger partial charge in [-0.15, -0.1) is 10.1 Å². The van der Waals surface area contributed by atoms with Gasteiger partial charge in [0.25, 0.3) is 5.09 Å². The van der Waals surface area contributed by atoms with Gasteiger partial charge in [-0.05, 0) is 0 Å². The molecule has 0 aromatic carbocycles. The fraction of sp³-hybridized carbons (Fsp3) is 0. The van der Waals surface area contributed by atoms with Gasteiger partial charge in [0.1, 0.15) is 0 Å². The molecular weight excluding hydrogens is 282 g/mol. The van der Waals surface area contributed by atoms with Crippen LogP contribution in [0.5, 0.6) is 0 Å². The Kier molecular flexibility index (Phi) is 24.6. The summed E-state index contributed by atoms with van der Waals surface area (Å²) in [7, 11) is 0. The van der Waals surface area contributed by atoms with E-state index in [1.807, 2.05) is 0 Å². The summed E-state index contributed by atoms with van der Waals surface area (Å²) >= 11 is 0. The normalized spacial score (nSPS) is 4.00. The molecule has 0 heterocycles. The maximum atomic E-state index is 8.36. The molecule has 3 N–H and O–H groups in total. The average molecular weight is 285 g/mol. The summed E-state index contributed by atoms with van der Waals surface area (Å²) < 4.78 is 0. The van der Waals surface area contributed by atoms with Crippen molar-refractivity contribution < 1.29 is 15.8 Å². The Morgan fingerprint density at radius 2 is 1.67 bits per heavy atom. The third-order valence-corrected chi connectivity index (χ3v) is 0. The standard InChI is InChI=1S/HNO3.H2O.Tl/c2-1(3)4;;/h(H,2,3,4);1H2;. The van der Waals surface area contributed by atoms with Crippen LogP contribution < -0.4 is 0 Å².